The summed E-state index contributed by atoms with van der Waals surface area (Å²) in [6.07, 6.45) is -4.81. The van der Waals surface area contributed by atoms with Crippen molar-refractivity contribution in [3.8, 4) is 17.2 Å². The number of hydrogen-bond acceptors (Lipinski definition) is 5. The van der Waals surface area contributed by atoms with E-state index in [0.717, 1.165) is 24.3 Å². The lowest BCUT2D eigenvalue weighted by molar-refractivity contribution is -0.274. The number of carbonyl (C=O) groups excluding carboxylic acids is 1. The predicted octanol–water partition coefficient (Wildman–Crippen LogP) is 5.19. The first-order chi connectivity index (χ1) is 12.7. The molecule has 0 saturated carbocycles. The second-order valence-corrected chi connectivity index (χ2v) is 5.91. The van der Waals surface area contributed by atoms with Crippen molar-refractivity contribution >= 4 is 35.1 Å². The molecule has 0 radical (unpaired) electrons. The molecule has 0 saturated heterocycles. The van der Waals surface area contributed by atoms with Crippen molar-refractivity contribution < 1.29 is 27.1 Å². The SMILES string of the molecule is O=C(Nc1nnc(-c2ccc(Cl)cc2Cl)o1)c1ccc(OC(F)(F)F)cc1. The number of rotatable bonds is 4. The van der Waals surface area contributed by atoms with E-state index in [-0.39, 0.29) is 22.5 Å². The molecule has 0 aliphatic rings. The van der Waals surface area contributed by atoms with Gasteiger partial charge < -0.3 is 9.15 Å². The Balaban J connectivity index is 1.71. The number of benzene rings is 2. The van der Waals surface area contributed by atoms with Gasteiger partial charge in [0, 0.05) is 10.6 Å². The first kappa shape index (κ1) is 19.0. The van der Waals surface area contributed by atoms with Crippen LogP contribution in [0, 0.1) is 0 Å². The monoisotopic (exact) mass is 417 g/mol. The van der Waals surface area contributed by atoms with Gasteiger partial charge in [0.15, 0.2) is 0 Å². The second kappa shape index (κ2) is 7.45. The summed E-state index contributed by atoms with van der Waals surface area (Å²) < 4.78 is 45.5. The molecule has 3 rings (SSSR count). The van der Waals surface area contributed by atoms with Crippen LogP contribution in [-0.4, -0.2) is 22.5 Å². The van der Waals surface area contributed by atoms with E-state index in [0.29, 0.717) is 10.6 Å². The molecule has 0 fully saturated rings. The molecule has 2 aromatic carbocycles. The smallest absolute Gasteiger partial charge is 0.406 e. The molecule has 0 aliphatic heterocycles. The number of anilines is 1. The fourth-order valence-corrected chi connectivity index (χ4v) is 2.51. The normalized spacial score (nSPS) is 11.3. The summed E-state index contributed by atoms with van der Waals surface area (Å²) in [4.78, 5) is 12.1. The Labute approximate surface area is 159 Å². The second-order valence-electron chi connectivity index (χ2n) is 5.06. The molecule has 6 nitrogen and oxygen atoms in total. The van der Waals surface area contributed by atoms with Crippen molar-refractivity contribution in [3.63, 3.8) is 0 Å². The van der Waals surface area contributed by atoms with E-state index in [1.165, 1.54) is 6.07 Å². The zero-order chi connectivity index (χ0) is 19.6. The number of halogens is 5. The van der Waals surface area contributed by atoms with Gasteiger partial charge in [-0.3, -0.25) is 10.1 Å². The van der Waals surface area contributed by atoms with Crippen LogP contribution in [0.15, 0.2) is 46.9 Å². The van der Waals surface area contributed by atoms with Crippen LogP contribution in [0.2, 0.25) is 10.0 Å². The lowest BCUT2D eigenvalue weighted by atomic mass is 10.2. The molecular formula is C16H8Cl2F3N3O3. The Morgan fingerprint density at radius 2 is 1.78 bits per heavy atom. The van der Waals surface area contributed by atoms with Gasteiger partial charge in [-0.15, -0.1) is 18.3 Å². The molecule has 1 aromatic heterocycles. The van der Waals surface area contributed by atoms with Crippen molar-refractivity contribution in [2.24, 2.45) is 0 Å². The number of amides is 1. The third-order valence-electron chi connectivity index (χ3n) is 3.16. The van der Waals surface area contributed by atoms with Gasteiger partial charge in [-0.05, 0) is 42.5 Å². The molecule has 11 heteroatoms. The fraction of sp³-hybridized carbons (Fsp3) is 0.0625. The van der Waals surface area contributed by atoms with Crippen molar-refractivity contribution in [2.75, 3.05) is 5.32 Å². The van der Waals surface area contributed by atoms with Gasteiger partial charge in [0.1, 0.15) is 5.75 Å². The van der Waals surface area contributed by atoms with E-state index in [9.17, 15) is 18.0 Å². The summed E-state index contributed by atoms with van der Waals surface area (Å²) in [5.74, 6) is -1.05. The molecule has 0 aliphatic carbocycles. The zero-order valence-corrected chi connectivity index (χ0v) is 14.6. The molecule has 3 aromatic rings. The molecule has 0 spiro atoms. The lowest BCUT2D eigenvalue weighted by Crippen LogP contribution is -2.17. The van der Waals surface area contributed by atoms with Gasteiger partial charge in [0.25, 0.3) is 11.8 Å². The van der Waals surface area contributed by atoms with E-state index >= 15 is 0 Å². The molecular weight excluding hydrogens is 410 g/mol. The fourth-order valence-electron chi connectivity index (χ4n) is 2.02. The molecule has 1 amide bonds. The number of aromatic nitrogens is 2. The van der Waals surface area contributed by atoms with E-state index in [4.69, 9.17) is 27.6 Å². The summed E-state index contributed by atoms with van der Waals surface area (Å²) in [7, 11) is 0. The highest BCUT2D eigenvalue weighted by Gasteiger charge is 2.31. The molecule has 1 N–H and O–H groups in total. The van der Waals surface area contributed by atoms with Crippen molar-refractivity contribution in [1.29, 1.82) is 0 Å². The highest BCUT2D eigenvalue weighted by Crippen LogP contribution is 2.30. The first-order valence-corrected chi connectivity index (χ1v) is 7.93. The minimum Gasteiger partial charge on any atom is -0.406 e. The average molecular weight is 418 g/mol. The molecule has 0 bridgehead atoms. The predicted molar refractivity (Wildman–Crippen MR) is 90.8 cm³/mol. The highest BCUT2D eigenvalue weighted by atomic mass is 35.5. The molecule has 27 heavy (non-hydrogen) atoms. The van der Waals surface area contributed by atoms with Crippen molar-refractivity contribution in [1.82, 2.24) is 10.2 Å². The molecule has 140 valence electrons. The van der Waals surface area contributed by atoms with Gasteiger partial charge in [-0.1, -0.05) is 28.3 Å². The van der Waals surface area contributed by atoms with E-state index < -0.39 is 18.0 Å². The standard InChI is InChI=1S/C16H8Cl2F3N3O3/c17-9-3-6-11(12(18)7-9)14-23-24-15(26-14)22-13(25)8-1-4-10(5-2-8)27-16(19,20)21/h1-7H,(H,22,24,25). The number of ether oxygens (including phenoxy) is 1. The average Bonchev–Trinajstić information content (AvgIpc) is 3.02. The van der Waals surface area contributed by atoms with Crippen LogP contribution in [-0.2, 0) is 0 Å². The van der Waals surface area contributed by atoms with Crippen molar-refractivity contribution in [3.05, 3.63) is 58.1 Å². The van der Waals surface area contributed by atoms with E-state index in [1.807, 2.05) is 0 Å². The van der Waals surface area contributed by atoms with Gasteiger partial charge in [-0.2, -0.15) is 0 Å². The summed E-state index contributed by atoms with van der Waals surface area (Å²) in [6, 6.07) is 8.76. The number of alkyl halides is 3. The van der Waals surface area contributed by atoms with Crippen LogP contribution in [0.5, 0.6) is 5.75 Å². The van der Waals surface area contributed by atoms with Crippen LogP contribution < -0.4 is 10.1 Å². The topological polar surface area (TPSA) is 77.3 Å². The summed E-state index contributed by atoms with van der Waals surface area (Å²) in [6.45, 7) is 0. The van der Waals surface area contributed by atoms with Crippen LogP contribution >= 0.6 is 23.2 Å². The Hall–Kier alpha value is -2.78. The first-order valence-electron chi connectivity index (χ1n) is 7.17. The maximum atomic E-state index is 12.1. The minimum absolute atomic E-state index is 0.0564. The Morgan fingerprint density at radius 3 is 2.41 bits per heavy atom. The van der Waals surface area contributed by atoms with Crippen LogP contribution in [0.4, 0.5) is 19.2 Å². The van der Waals surface area contributed by atoms with Crippen LogP contribution in [0.25, 0.3) is 11.5 Å². The quantitative estimate of drug-likeness (QED) is 0.631. The summed E-state index contributed by atoms with van der Waals surface area (Å²) >= 11 is 11.9. The summed E-state index contributed by atoms with van der Waals surface area (Å²) in [5, 5.41) is 10.5. The summed E-state index contributed by atoms with van der Waals surface area (Å²) in [5.41, 5.74) is 0.483. The number of carbonyl (C=O) groups is 1. The van der Waals surface area contributed by atoms with Gasteiger partial charge in [-0.25, -0.2) is 0 Å². The third-order valence-corrected chi connectivity index (χ3v) is 3.70. The minimum atomic E-state index is -4.81. The maximum Gasteiger partial charge on any atom is 0.573 e. The Morgan fingerprint density at radius 1 is 1.07 bits per heavy atom. The highest BCUT2D eigenvalue weighted by molar-refractivity contribution is 6.36. The largest absolute Gasteiger partial charge is 0.573 e. The maximum absolute atomic E-state index is 12.1. The zero-order valence-electron chi connectivity index (χ0n) is 13.1. The molecule has 0 unspecified atom stereocenters. The van der Waals surface area contributed by atoms with E-state index in [2.05, 4.69) is 20.3 Å². The molecule has 1 heterocycles. The van der Waals surface area contributed by atoms with Crippen LogP contribution in [0.1, 0.15) is 10.4 Å². The third kappa shape index (κ3) is 4.89. The van der Waals surface area contributed by atoms with Crippen molar-refractivity contribution in [2.45, 2.75) is 6.36 Å². The van der Waals surface area contributed by atoms with Gasteiger partial charge in [0.2, 0.25) is 0 Å². The Bertz CT molecular complexity index is 975. The van der Waals surface area contributed by atoms with Gasteiger partial charge >= 0.3 is 12.4 Å². The van der Waals surface area contributed by atoms with Crippen LogP contribution in [0.3, 0.4) is 0 Å². The molecule has 0 atom stereocenters. The lowest BCUT2D eigenvalue weighted by Gasteiger charge is -2.08. The number of nitrogens with one attached hydrogen (secondary N) is 1. The number of nitrogens with zero attached hydrogens (tertiary/aromatic N) is 2. The van der Waals surface area contributed by atoms with Gasteiger partial charge in [0.05, 0.1) is 10.6 Å². The Kier molecular flexibility index (Phi) is 5.24. The number of hydrogen-bond donors (Lipinski definition) is 1. The van der Waals surface area contributed by atoms with E-state index in [1.54, 1.807) is 12.1 Å².